The SMILES string of the molecule is Cn1nccc1-c1ccccc1OCC1CN(C(=O)Nc2cnn(Cc3ccc(F)cc3)c2)CCO1.O=C(O)C(F)(F)F. The van der Waals surface area contributed by atoms with E-state index in [-0.39, 0.29) is 18.0 Å². The zero-order valence-electron chi connectivity index (χ0n) is 22.9. The number of benzene rings is 2. The second-order valence-corrected chi connectivity index (χ2v) is 9.37. The fourth-order valence-corrected chi connectivity index (χ4v) is 4.12. The van der Waals surface area contributed by atoms with E-state index in [1.165, 1.54) is 12.1 Å². The molecule has 3 heterocycles. The van der Waals surface area contributed by atoms with E-state index in [2.05, 4.69) is 15.5 Å². The Kier molecular flexibility index (Phi) is 9.98. The molecule has 0 spiro atoms. The van der Waals surface area contributed by atoms with Crippen molar-refractivity contribution in [1.82, 2.24) is 24.5 Å². The van der Waals surface area contributed by atoms with Crippen LogP contribution in [-0.2, 0) is 23.1 Å². The summed E-state index contributed by atoms with van der Waals surface area (Å²) in [5.41, 5.74) is 3.40. The summed E-state index contributed by atoms with van der Waals surface area (Å²) in [4.78, 5) is 23.5. The summed E-state index contributed by atoms with van der Waals surface area (Å²) in [6, 6.07) is 15.7. The van der Waals surface area contributed by atoms with Crippen LogP contribution in [0.1, 0.15) is 5.56 Å². The molecule has 1 fully saturated rings. The fraction of sp³-hybridized carbons (Fsp3) is 0.286. The van der Waals surface area contributed by atoms with Gasteiger partial charge < -0.3 is 24.8 Å². The van der Waals surface area contributed by atoms with E-state index in [0.717, 1.165) is 22.6 Å². The highest BCUT2D eigenvalue weighted by molar-refractivity contribution is 5.89. The summed E-state index contributed by atoms with van der Waals surface area (Å²) in [5.74, 6) is -2.30. The Labute approximate surface area is 243 Å². The Bertz CT molecular complexity index is 1520. The Hall–Kier alpha value is -4.92. The van der Waals surface area contributed by atoms with Gasteiger partial charge in [-0.15, -0.1) is 0 Å². The summed E-state index contributed by atoms with van der Waals surface area (Å²) in [6.45, 7) is 2.11. The molecule has 1 unspecified atom stereocenters. The van der Waals surface area contributed by atoms with Crippen molar-refractivity contribution in [2.24, 2.45) is 7.05 Å². The third-order valence-electron chi connectivity index (χ3n) is 6.22. The summed E-state index contributed by atoms with van der Waals surface area (Å²) in [5, 5.41) is 18.5. The number of aliphatic carboxylic acids is 1. The molecule has 2 aromatic carbocycles. The number of carbonyl (C=O) groups excluding carboxylic acids is 1. The Morgan fingerprint density at radius 2 is 1.84 bits per heavy atom. The second kappa shape index (κ2) is 13.8. The molecule has 15 heteroatoms. The number of nitrogens with zero attached hydrogens (tertiary/aromatic N) is 5. The number of carboxylic acids is 1. The number of hydrogen-bond acceptors (Lipinski definition) is 6. The number of carbonyl (C=O) groups is 2. The lowest BCUT2D eigenvalue weighted by atomic mass is 10.1. The molecule has 2 N–H and O–H groups in total. The lowest BCUT2D eigenvalue weighted by molar-refractivity contribution is -0.192. The van der Waals surface area contributed by atoms with Gasteiger partial charge in [0.15, 0.2) is 0 Å². The van der Waals surface area contributed by atoms with Crippen molar-refractivity contribution in [1.29, 1.82) is 0 Å². The number of urea groups is 1. The van der Waals surface area contributed by atoms with E-state index < -0.39 is 12.1 Å². The highest BCUT2D eigenvalue weighted by Crippen LogP contribution is 2.29. The number of aromatic nitrogens is 4. The molecule has 0 radical (unpaired) electrons. The highest BCUT2D eigenvalue weighted by atomic mass is 19.4. The number of anilines is 1. The van der Waals surface area contributed by atoms with Crippen LogP contribution in [0, 0.1) is 5.82 Å². The molecular formula is C28H28F4N6O5. The molecular weight excluding hydrogens is 576 g/mol. The zero-order chi connectivity index (χ0) is 31.0. The van der Waals surface area contributed by atoms with Crippen LogP contribution in [0.2, 0.25) is 0 Å². The normalized spacial score (nSPS) is 14.9. The van der Waals surface area contributed by atoms with Crippen molar-refractivity contribution < 1.29 is 41.7 Å². The number of ether oxygens (including phenoxy) is 2. The predicted octanol–water partition coefficient (Wildman–Crippen LogP) is 4.42. The van der Waals surface area contributed by atoms with Gasteiger partial charge in [-0.05, 0) is 35.9 Å². The fourth-order valence-electron chi connectivity index (χ4n) is 4.12. The molecule has 228 valence electrons. The highest BCUT2D eigenvalue weighted by Gasteiger charge is 2.38. The summed E-state index contributed by atoms with van der Waals surface area (Å²) >= 11 is 0. The molecule has 0 aliphatic carbocycles. The lowest BCUT2D eigenvalue weighted by Crippen LogP contribution is -2.49. The molecule has 1 saturated heterocycles. The first-order chi connectivity index (χ1) is 20.5. The number of para-hydroxylation sites is 1. The number of halogens is 4. The molecule has 0 bridgehead atoms. The van der Waals surface area contributed by atoms with Crippen LogP contribution in [-0.4, -0.2) is 80.2 Å². The number of alkyl halides is 3. The first-order valence-electron chi connectivity index (χ1n) is 12.9. The summed E-state index contributed by atoms with van der Waals surface area (Å²) in [6.07, 6.45) is -0.250. The quantitative estimate of drug-likeness (QED) is 0.300. The molecule has 43 heavy (non-hydrogen) atoms. The predicted molar refractivity (Wildman–Crippen MR) is 146 cm³/mol. The Balaban J connectivity index is 0.000000541. The van der Waals surface area contributed by atoms with Crippen LogP contribution < -0.4 is 10.1 Å². The van der Waals surface area contributed by atoms with Crippen LogP contribution in [0.5, 0.6) is 5.75 Å². The van der Waals surface area contributed by atoms with Gasteiger partial charge >= 0.3 is 18.2 Å². The van der Waals surface area contributed by atoms with Gasteiger partial charge in [-0.1, -0.05) is 24.3 Å². The van der Waals surface area contributed by atoms with Crippen LogP contribution in [0.4, 0.5) is 28.0 Å². The van der Waals surface area contributed by atoms with Gasteiger partial charge in [0.1, 0.15) is 24.3 Å². The number of hydrogen-bond donors (Lipinski definition) is 2. The number of aryl methyl sites for hydroxylation is 1. The molecule has 1 aliphatic heterocycles. The standard InChI is InChI=1S/C26H27FN6O3.C2HF3O2/c1-31-24(10-11-28-31)23-4-2-3-5-25(23)36-18-22-17-32(12-13-35-22)26(34)30-21-14-29-33(16-21)15-19-6-8-20(27)9-7-19;3-2(4,5)1(6)7/h2-11,14,16,22H,12-13,15,17-18H2,1H3,(H,30,34);(H,6,7). The van der Waals surface area contributed by atoms with Crippen LogP contribution in [0.15, 0.2) is 73.2 Å². The van der Waals surface area contributed by atoms with Crippen molar-refractivity contribution in [3.8, 4) is 17.0 Å². The largest absolute Gasteiger partial charge is 0.490 e. The van der Waals surface area contributed by atoms with Crippen LogP contribution in [0.25, 0.3) is 11.3 Å². The smallest absolute Gasteiger partial charge is 0.490 e. The monoisotopic (exact) mass is 604 g/mol. The van der Waals surface area contributed by atoms with Gasteiger partial charge in [0, 0.05) is 31.5 Å². The van der Waals surface area contributed by atoms with Gasteiger partial charge in [-0.25, -0.2) is 14.0 Å². The van der Waals surface area contributed by atoms with Crippen molar-refractivity contribution in [2.45, 2.75) is 18.8 Å². The molecule has 1 aliphatic rings. The average molecular weight is 605 g/mol. The second-order valence-electron chi connectivity index (χ2n) is 9.37. The van der Waals surface area contributed by atoms with Crippen LogP contribution >= 0.6 is 0 Å². The van der Waals surface area contributed by atoms with Gasteiger partial charge in [-0.3, -0.25) is 9.36 Å². The van der Waals surface area contributed by atoms with E-state index >= 15 is 0 Å². The maximum Gasteiger partial charge on any atom is 0.490 e. The minimum Gasteiger partial charge on any atom is -0.490 e. The molecule has 5 rings (SSSR count). The number of rotatable bonds is 7. The van der Waals surface area contributed by atoms with Gasteiger partial charge in [0.05, 0.1) is 37.3 Å². The molecule has 2 amide bonds. The topological polar surface area (TPSA) is 124 Å². The van der Waals surface area contributed by atoms with E-state index in [1.807, 2.05) is 37.4 Å². The van der Waals surface area contributed by atoms with E-state index in [4.69, 9.17) is 19.4 Å². The minimum absolute atomic E-state index is 0.222. The van der Waals surface area contributed by atoms with Crippen molar-refractivity contribution in [2.75, 3.05) is 31.6 Å². The van der Waals surface area contributed by atoms with E-state index in [9.17, 15) is 22.4 Å². The molecule has 2 aromatic heterocycles. The first kappa shape index (κ1) is 31.0. The van der Waals surface area contributed by atoms with E-state index in [1.54, 1.807) is 45.0 Å². The van der Waals surface area contributed by atoms with Crippen molar-refractivity contribution in [3.05, 3.63) is 84.6 Å². The molecule has 1 atom stereocenters. The Morgan fingerprint density at radius 3 is 2.51 bits per heavy atom. The number of carboxylic acid groups (broad SMARTS) is 1. The third kappa shape index (κ3) is 8.78. The van der Waals surface area contributed by atoms with Crippen LogP contribution in [0.3, 0.4) is 0 Å². The minimum atomic E-state index is -5.08. The molecule has 0 saturated carbocycles. The number of amides is 2. The number of nitrogens with one attached hydrogen (secondary N) is 1. The maximum atomic E-state index is 13.1. The molecule has 11 nitrogen and oxygen atoms in total. The first-order valence-corrected chi connectivity index (χ1v) is 12.9. The number of morpholine rings is 1. The van der Waals surface area contributed by atoms with E-state index in [0.29, 0.717) is 38.5 Å². The lowest BCUT2D eigenvalue weighted by Gasteiger charge is -2.32. The van der Waals surface area contributed by atoms with Crippen molar-refractivity contribution in [3.63, 3.8) is 0 Å². The van der Waals surface area contributed by atoms with Gasteiger partial charge in [0.2, 0.25) is 0 Å². The Morgan fingerprint density at radius 1 is 1.12 bits per heavy atom. The molecule has 4 aromatic rings. The van der Waals surface area contributed by atoms with Gasteiger partial charge in [-0.2, -0.15) is 23.4 Å². The summed E-state index contributed by atoms with van der Waals surface area (Å²) < 4.78 is 60.3. The summed E-state index contributed by atoms with van der Waals surface area (Å²) in [7, 11) is 1.89. The van der Waals surface area contributed by atoms with Gasteiger partial charge in [0.25, 0.3) is 0 Å². The zero-order valence-corrected chi connectivity index (χ0v) is 22.9. The van der Waals surface area contributed by atoms with Crippen molar-refractivity contribution >= 4 is 17.7 Å². The third-order valence-corrected chi connectivity index (χ3v) is 6.22. The maximum absolute atomic E-state index is 13.1. The average Bonchev–Trinajstić information content (AvgIpc) is 3.61.